The smallest absolute Gasteiger partial charge is 0.253 e. The first kappa shape index (κ1) is 17.5. The Bertz CT molecular complexity index is 736. The lowest BCUT2D eigenvalue weighted by atomic mass is 9.89. The van der Waals surface area contributed by atoms with Gasteiger partial charge in [-0.05, 0) is 61.2 Å². The monoisotopic (exact) mass is 338 g/mol. The summed E-state index contributed by atoms with van der Waals surface area (Å²) in [5, 5.41) is 3.59. The number of fused-ring (bicyclic) bond motifs is 1. The third kappa shape index (κ3) is 3.54. The van der Waals surface area contributed by atoms with Gasteiger partial charge in [0.15, 0.2) is 0 Å². The van der Waals surface area contributed by atoms with Crippen LogP contribution >= 0.6 is 0 Å². The zero-order valence-corrected chi connectivity index (χ0v) is 15.2. The fraction of sp³-hybridized carbons (Fsp3) is 0.381. The van der Waals surface area contributed by atoms with E-state index < -0.39 is 0 Å². The molecule has 132 valence electrons. The van der Waals surface area contributed by atoms with Crippen LogP contribution in [0.15, 0.2) is 42.5 Å². The van der Waals surface area contributed by atoms with E-state index in [-0.39, 0.29) is 11.9 Å². The van der Waals surface area contributed by atoms with Crippen LogP contribution in [-0.4, -0.2) is 37.6 Å². The van der Waals surface area contributed by atoms with E-state index in [1.165, 1.54) is 16.7 Å². The zero-order chi connectivity index (χ0) is 17.8. The SMILES string of the molecule is CCN(CC)C(=O)c1ccc(C2NCCc3cc(OC)ccc32)cc1. The molecule has 0 saturated carbocycles. The molecule has 1 N–H and O–H groups in total. The number of rotatable bonds is 5. The second kappa shape index (κ2) is 7.70. The number of nitrogens with zero attached hydrogens (tertiary/aromatic N) is 1. The van der Waals surface area contributed by atoms with E-state index in [4.69, 9.17) is 4.74 Å². The van der Waals surface area contributed by atoms with E-state index in [1.54, 1.807) is 7.11 Å². The number of methoxy groups -OCH3 is 1. The van der Waals surface area contributed by atoms with Gasteiger partial charge >= 0.3 is 0 Å². The van der Waals surface area contributed by atoms with Crippen LogP contribution in [-0.2, 0) is 6.42 Å². The molecule has 1 amide bonds. The van der Waals surface area contributed by atoms with Crippen molar-refractivity contribution in [2.75, 3.05) is 26.7 Å². The molecule has 0 aromatic heterocycles. The zero-order valence-electron chi connectivity index (χ0n) is 15.2. The quantitative estimate of drug-likeness (QED) is 0.908. The summed E-state index contributed by atoms with van der Waals surface area (Å²) in [6.07, 6.45) is 1.00. The maximum absolute atomic E-state index is 12.5. The topological polar surface area (TPSA) is 41.6 Å². The van der Waals surface area contributed by atoms with Crippen LogP contribution in [0.1, 0.15) is 46.9 Å². The van der Waals surface area contributed by atoms with Gasteiger partial charge in [0, 0.05) is 25.2 Å². The predicted molar refractivity (Wildman–Crippen MR) is 100 cm³/mol. The summed E-state index contributed by atoms with van der Waals surface area (Å²) >= 11 is 0. The highest BCUT2D eigenvalue weighted by molar-refractivity contribution is 5.94. The van der Waals surface area contributed by atoms with E-state index in [0.717, 1.165) is 37.4 Å². The molecule has 2 aromatic rings. The van der Waals surface area contributed by atoms with Crippen molar-refractivity contribution in [1.29, 1.82) is 0 Å². The van der Waals surface area contributed by atoms with Crippen LogP contribution in [0.5, 0.6) is 5.75 Å². The van der Waals surface area contributed by atoms with Crippen molar-refractivity contribution in [2.24, 2.45) is 0 Å². The lowest BCUT2D eigenvalue weighted by Gasteiger charge is -2.28. The Labute approximate surface area is 149 Å². The second-order valence-electron chi connectivity index (χ2n) is 6.30. The highest BCUT2D eigenvalue weighted by atomic mass is 16.5. The Balaban J connectivity index is 1.85. The van der Waals surface area contributed by atoms with Crippen LogP contribution in [0.4, 0.5) is 0 Å². The fourth-order valence-electron chi connectivity index (χ4n) is 3.48. The molecule has 0 aliphatic carbocycles. The third-order valence-electron chi connectivity index (χ3n) is 4.95. The van der Waals surface area contributed by atoms with Gasteiger partial charge in [0.25, 0.3) is 5.91 Å². The Hall–Kier alpha value is -2.33. The summed E-state index contributed by atoms with van der Waals surface area (Å²) in [5.74, 6) is 0.998. The minimum absolute atomic E-state index is 0.0956. The first-order valence-corrected chi connectivity index (χ1v) is 8.97. The molecule has 0 saturated heterocycles. The van der Waals surface area contributed by atoms with Gasteiger partial charge in [-0.2, -0.15) is 0 Å². The summed E-state index contributed by atoms with van der Waals surface area (Å²) in [4.78, 5) is 14.3. The minimum Gasteiger partial charge on any atom is -0.497 e. The molecule has 3 rings (SSSR count). The molecule has 1 aliphatic heterocycles. The van der Waals surface area contributed by atoms with Crippen LogP contribution in [0, 0.1) is 0 Å². The number of carbonyl (C=O) groups excluding carboxylic acids is 1. The molecular formula is C21H26N2O2. The molecule has 1 heterocycles. The molecule has 4 heteroatoms. The minimum atomic E-state index is 0.0956. The Morgan fingerprint density at radius 3 is 2.52 bits per heavy atom. The Morgan fingerprint density at radius 1 is 1.16 bits per heavy atom. The largest absolute Gasteiger partial charge is 0.497 e. The highest BCUT2D eigenvalue weighted by Gasteiger charge is 2.22. The van der Waals surface area contributed by atoms with E-state index in [0.29, 0.717) is 0 Å². The first-order valence-electron chi connectivity index (χ1n) is 8.97. The van der Waals surface area contributed by atoms with Gasteiger partial charge in [0.2, 0.25) is 0 Å². The van der Waals surface area contributed by atoms with Gasteiger partial charge < -0.3 is 15.0 Å². The molecule has 2 aromatic carbocycles. The average molecular weight is 338 g/mol. The number of amides is 1. The van der Waals surface area contributed by atoms with Crippen LogP contribution in [0.2, 0.25) is 0 Å². The maximum atomic E-state index is 12.5. The van der Waals surface area contributed by atoms with Crippen molar-refractivity contribution in [2.45, 2.75) is 26.3 Å². The predicted octanol–water partition coefficient (Wildman–Crippen LogP) is 3.41. The van der Waals surface area contributed by atoms with Gasteiger partial charge in [-0.15, -0.1) is 0 Å². The van der Waals surface area contributed by atoms with Crippen molar-refractivity contribution in [3.05, 3.63) is 64.7 Å². The lowest BCUT2D eigenvalue weighted by molar-refractivity contribution is 0.0773. The molecular weight excluding hydrogens is 312 g/mol. The molecule has 0 radical (unpaired) electrons. The summed E-state index contributed by atoms with van der Waals surface area (Å²) < 4.78 is 5.34. The van der Waals surface area contributed by atoms with E-state index >= 15 is 0 Å². The third-order valence-corrected chi connectivity index (χ3v) is 4.95. The Kier molecular flexibility index (Phi) is 5.39. The van der Waals surface area contributed by atoms with Gasteiger partial charge in [0.05, 0.1) is 13.2 Å². The number of benzene rings is 2. The van der Waals surface area contributed by atoms with Crippen LogP contribution in [0.3, 0.4) is 0 Å². The summed E-state index contributed by atoms with van der Waals surface area (Å²) in [6.45, 7) is 6.41. The number of nitrogens with one attached hydrogen (secondary N) is 1. The van der Waals surface area contributed by atoms with Crippen molar-refractivity contribution >= 4 is 5.91 Å². The number of hydrogen-bond acceptors (Lipinski definition) is 3. The van der Waals surface area contributed by atoms with Gasteiger partial charge in [-0.3, -0.25) is 4.79 Å². The standard InChI is InChI=1S/C21H26N2O2/c1-4-23(5-2)21(24)16-8-6-15(7-9-16)20-19-11-10-18(25-3)14-17(19)12-13-22-20/h6-11,14,20,22H,4-5,12-13H2,1-3H3. The van der Waals surface area contributed by atoms with Crippen molar-refractivity contribution in [3.63, 3.8) is 0 Å². The normalized spacial score (nSPS) is 16.2. The molecule has 1 atom stereocenters. The second-order valence-corrected chi connectivity index (χ2v) is 6.30. The number of ether oxygens (including phenoxy) is 1. The molecule has 0 spiro atoms. The first-order chi connectivity index (χ1) is 12.2. The average Bonchev–Trinajstić information content (AvgIpc) is 2.68. The van der Waals surface area contributed by atoms with E-state index in [1.807, 2.05) is 36.9 Å². The number of carbonyl (C=O) groups is 1. The summed E-state index contributed by atoms with van der Waals surface area (Å²) in [7, 11) is 1.70. The fourth-order valence-corrected chi connectivity index (χ4v) is 3.48. The molecule has 0 bridgehead atoms. The molecule has 1 unspecified atom stereocenters. The van der Waals surface area contributed by atoms with Gasteiger partial charge in [-0.1, -0.05) is 18.2 Å². The molecule has 0 fully saturated rings. The lowest BCUT2D eigenvalue weighted by Crippen LogP contribution is -2.31. The Morgan fingerprint density at radius 2 is 1.88 bits per heavy atom. The summed E-state index contributed by atoms with van der Waals surface area (Å²) in [6, 6.07) is 14.4. The highest BCUT2D eigenvalue weighted by Crippen LogP contribution is 2.31. The van der Waals surface area contributed by atoms with E-state index in [9.17, 15) is 4.79 Å². The molecule has 4 nitrogen and oxygen atoms in total. The van der Waals surface area contributed by atoms with Crippen LogP contribution < -0.4 is 10.1 Å². The van der Waals surface area contributed by atoms with Gasteiger partial charge in [0.1, 0.15) is 5.75 Å². The van der Waals surface area contributed by atoms with E-state index in [2.05, 4.69) is 29.6 Å². The molecule has 1 aliphatic rings. The molecule has 25 heavy (non-hydrogen) atoms. The maximum Gasteiger partial charge on any atom is 0.253 e. The van der Waals surface area contributed by atoms with Crippen LogP contribution in [0.25, 0.3) is 0 Å². The summed E-state index contributed by atoms with van der Waals surface area (Å²) in [5.41, 5.74) is 4.54. The van der Waals surface area contributed by atoms with Gasteiger partial charge in [-0.25, -0.2) is 0 Å². The van der Waals surface area contributed by atoms with Crippen molar-refractivity contribution in [1.82, 2.24) is 10.2 Å². The number of hydrogen-bond donors (Lipinski definition) is 1. The van der Waals surface area contributed by atoms with Crippen molar-refractivity contribution < 1.29 is 9.53 Å². The van der Waals surface area contributed by atoms with Crippen molar-refractivity contribution in [3.8, 4) is 5.75 Å².